The summed E-state index contributed by atoms with van der Waals surface area (Å²) in [5, 5.41) is 12.0. The maximum atomic E-state index is 13.2. The molecule has 0 fully saturated rings. The van der Waals surface area contributed by atoms with Gasteiger partial charge >= 0.3 is 18.2 Å². The third-order valence-corrected chi connectivity index (χ3v) is 6.81. The van der Waals surface area contributed by atoms with Crippen molar-refractivity contribution >= 4 is 29.4 Å². The molecule has 1 atom stereocenters. The summed E-state index contributed by atoms with van der Waals surface area (Å²) < 4.78 is 50.3. The predicted octanol–water partition coefficient (Wildman–Crippen LogP) is 6.12. The van der Waals surface area contributed by atoms with Gasteiger partial charge < -0.3 is 15.3 Å². The van der Waals surface area contributed by atoms with E-state index in [0.717, 1.165) is 16.0 Å². The number of amides is 2. The van der Waals surface area contributed by atoms with Gasteiger partial charge in [-0.1, -0.05) is 6.07 Å². The number of carbonyl (C=O) groups excluding carboxylic acids is 1. The molecule has 2 aromatic carbocycles. The van der Waals surface area contributed by atoms with Crippen LogP contribution in [0, 0.1) is 5.82 Å². The monoisotopic (exact) mass is 498 g/mol. The van der Waals surface area contributed by atoms with Crippen molar-refractivity contribution in [2.75, 3.05) is 11.9 Å². The van der Waals surface area contributed by atoms with Gasteiger partial charge in [0.2, 0.25) is 0 Å². The van der Waals surface area contributed by atoms with E-state index in [2.05, 4.69) is 5.32 Å². The molecule has 1 aliphatic carbocycles. The molecule has 0 heterocycles. The minimum atomic E-state index is -4.32. The van der Waals surface area contributed by atoms with Crippen molar-refractivity contribution in [1.29, 1.82) is 0 Å². The van der Waals surface area contributed by atoms with E-state index >= 15 is 0 Å². The van der Waals surface area contributed by atoms with Gasteiger partial charge in [-0.15, -0.1) is 11.8 Å². The van der Waals surface area contributed by atoms with E-state index in [1.54, 1.807) is 13.8 Å². The highest BCUT2D eigenvalue weighted by Gasteiger charge is 2.33. The summed E-state index contributed by atoms with van der Waals surface area (Å²) in [5.74, 6) is -1.41. The molecule has 1 aliphatic rings. The summed E-state index contributed by atoms with van der Waals surface area (Å²) in [5.41, 5.74) is 2.25. The lowest BCUT2D eigenvalue weighted by atomic mass is 10.1. The number of halogens is 4. The summed E-state index contributed by atoms with van der Waals surface area (Å²) >= 11 is 1.21. The molecular formula is C24H26F4N2O3S. The van der Waals surface area contributed by atoms with Crippen LogP contribution >= 0.6 is 11.8 Å². The van der Waals surface area contributed by atoms with Crippen molar-refractivity contribution in [1.82, 2.24) is 4.90 Å². The summed E-state index contributed by atoms with van der Waals surface area (Å²) in [6, 6.07) is 9.83. The van der Waals surface area contributed by atoms with E-state index in [1.807, 2.05) is 18.2 Å². The molecule has 184 valence electrons. The van der Waals surface area contributed by atoms with Gasteiger partial charge in [-0.25, -0.2) is 9.18 Å². The average molecular weight is 499 g/mol. The van der Waals surface area contributed by atoms with Gasteiger partial charge in [0.1, 0.15) is 10.6 Å². The lowest BCUT2D eigenvalue weighted by Gasteiger charge is -2.29. The van der Waals surface area contributed by atoms with E-state index in [1.165, 1.54) is 40.9 Å². The Labute approximate surface area is 199 Å². The highest BCUT2D eigenvalue weighted by molar-refractivity contribution is 8.01. The van der Waals surface area contributed by atoms with Crippen LogP contribution in [-0.4, -0.2) is 45.5 Å². The fourth-order valence-electron chi connectivity index (χ4n) is 3.82. The number of carbonyl (C=O) groups is 2. The Kier molecular flexibility index (Phi) is 7.80. The molecule has 0 radical (unpaired) electrons. The second-order valence-corrected chi connectivity index (χ2v) is 10.5. The highest BCUT2D eigenvalue weighted by atomic mass is 32.2. The number of hydrogen-bond acceptors (Lipinski definition) is 3. The molecule has 0 saturated heterocycles. The first kappa shape index (κ1) is 25.9. The van der Waals surface area contributed by atoms with E-state index < -0.39 is 35.2 Å². The van der Waals surface area contributed by atoms with Crippen LogP contribution in [0.3, 0.4) is 0 Å². The highest BCUT2D eigenvalue weighted by Crippen LogP contribution is 2.36. The van der Waals surface area contributed by atoms with E-state index in [4.69, 9.17) is 0 Å². The number of carboxylic acid groups (broad SMARTS) is 1. The van der Waals surface area contributed by atoms with Crippen LogP contribution in [-0.2, 0) is 17.6 Å². The van der Waals surface area contributed by atoms with E-state index in [9.17, 15) is 32.3 Å². The maximum absolute atomic E-state index is 13.2. The minimum absolute atomic E-state index is 0.0845. The summed E-state index contributed by atoms with van der Waals surface area (Å²) in [6.45, 7) is 3.13. The second kappa shape index (κ2) is 10.2. The number of urea groups is 1. The number of anilines is 1. The molecule has 2 aromatic rings. The number of aliphatic carboxylic acids is 1. The van der Waals surface area contributed by atoms with Crippen molar-refractivity contribution in [3.05, 3.63) is 59.4 Å². The van der Waals surface area contributed by atoms with Crippen molar-refractivity contribution in [3.8, 4) is 0 Å². The molecule has 0 aliphatic heterocycles. The maximum Gasteiger partial charge on any atom is 0.389 e. The van der Waals surface area contributed by atoms with Gasteiger partial charge in [-0.2, -0.15) is 13.2 Å². The van der Waals surface area contributed by atoms with Gasteiger partial charge in [0.05, 0.1) is 0 Å². The zero-order valence-corrected chi connectivity index (χ0v) is 19.6. The Bertz CT molecular complexity index is 1040. The fraction of sp³-hybridized carbons (Fsp3) is 0.417. The Hall–Kier alpha value is -2.75. The first-order valence-electron chi connectivity index (χ1n) is 10.8. The number of carboxylic acids is 1. The van der Waals surface area contributed by atoms with Crippen molar-refractivity contribution in [3.63, 3.8) is 0 Å². The Morgan fingerprint density at radius 1 is 1.09 bits per heavy atom. The minimum Gasteiger partial charge on any atom is -0.480 e. The third-order valence-electron chi connectivity index (χ3n) is 5.63. The summed E-state index contributed by atoms with van der Waals surface area (Å²) in [7, 11) is 0. The molecule has 0 spiro atoms. The zero-order valence-electron chi connectivity index (χ0n) is 18.8. The Balaban J connectivity index is 1.75. The van der Waals surface area contributed by atoms with Crippen LogP contribution < -0.4 is 5.32 Å². The van der Waals surface area contributed by atoms with Crippen LogP contribution in [0.4, 0.5) is 28.0 Å². The van der Waals surface area contributed by atoms with Crippen LogP contribution in [0.15, 0.2) is 47.4 Å². The van der Waals surface area contributed by atoms with Crippen molar-refractivity contribution in [2.24, 2.45) is 0 Å². The zero-order chi connectivity index (χ0) is 25.1. The smallest absolute Gasteiger partial charge is 0.389 e. The second-order valence-electron chi connectivity index (χ2n) is 8.76. The van der Waals surface area contributed by atoms with Gasteiger partial charge in [-0.3, -0.25) is 4.79 Å². The topological polar surface area (TPSA) is 69.6 Å². The molecule has 3 rings (SSSR count). The fourth-order valence-corrected chi connectivity index (χ4v) is 4.84. The van der Waals surface area contributed by atoms with Gasteiger partial charge in [0.15, 0.2) is 0 Å². The van der Waals surface area contributed by atoms with Gasteiger partial charge in [0.25, 0.3) is 0 Å². The van der Waals surface area contributed by atoms with Crippen molar-refractivity contribution in [2.45, 2.75) is 61.4 Å². The molecule has 1 unspecified atom stereocenters. The lowest BCUT2D eigenvalue weighted by molar-refractivity contribution is -0.139. The van der Waals surface area contributed by atoms with Crippen molar-refractivity contribution < 1.29 is 32.3 Å². The molecule has 34 heavy (non-hydrogen) atoms. The van der Waals surface area contributed by atoms with Crippen LogP contribution in [0.5, 0.6) is 0 Å². The first-order valence-corrected chi connectivity index (χ1v) is 11.6. The Morgan fingerprint density at radius 2 is 1.74 bits per heavy atom. The van der Waals surface area contributed by atoms with Crippen LogP contribution in [0.1, 0.15) is 37.8 Å². The molecule has 0 aromatic heterocycles. The Morgan fingerprint density at radius 3 is 2.35 bits per heavy atom. The molecular weight excluding hydrogens is 472 g/mol. The normalized spacial score (nSPS) is 15.6. The largest absolute Gasteiger partial charge is 0.480 e. The number of alkyl halides is 3. The molecule has 10 heteroatoms. The molecule has 2 amide bonds. The number of thioether (sulfide) groups is 1. The number of rotatable bonds is 8. The molecule has 5 nitrogen and oxygen atoms in total. The average Bonchev–Trinajstić information content (AvgIpc) is 3.14. The van der Waals surface area contributed by atoms with Gasteiger partial charge in [-0.05, 0) is 80.6 Å². The number of nitrogens with zero attached hydrogens (tertiary/aromatic N) is 1. The quantitative estimate of drug-likeness (QED) is 0.340. The first-order chi connectivity index (χ1) is 15.8. The third kappa shape index (κ3) is 6.88. The summed E-state index contributed by atoms with van der Waals surface area (Å²) in [4.78, 5) is 26.6. The molecule has 0 bridgehead atoms. The van der Waals surface area contributed by atoms with E-state index in [-0.39, 0.29) is 19.0 Å². The standard InChI is InChI=1S/C24H26F4N2O3S/c1-23(2,21(31)32)34-20-9-4-15-12-19(13-16(15)14-20)30(11-3-10-24(26,27)28)22(33)29-18-7-5-17(25)6-8-18/h4-9,14,19H,3,10-13H2,1-2H3,(H,29,33)(H,31,32). The number of hydrogen-bond donors (Lipinski definition) is 2. The summed E-state index contributed by atoms with van der Waals surface area (Å²) in [6.07, 6.45) is -4.63. The number of nitrogens with one attached hydrogen (secondary N) is 1. The lowest BCUT2D eigenvalue weighted by Crippen LogP contribution is -2.44. The van der Waals surface area contributed by atoms with E-state index in [0.29, 0.717) is 18.5 Å². The SMILES string of the molecule is CC(C)(Sc1ccc2c(c1)CC(N(CCCC(F)(F)F)C(=O)Nc1ccc(F)cc1)C2)C(=O)O. The predicted molar refractivity (Wildman–Crippen MR) is 123 cm³/mol. The number of fused-ring (bicyclic) bond motifs is 1. The van der Waals surface area contributed by atoms with Crippen LogP contribution in [0.25, 0.3) is 0 Å². The van der Waals surface area contributed by atoms with Crippen LogP contribution in [0.2, 0.25) is 0 Å². The van der Waals surface area contributed by atoms with Gasteiger partial charge in [0, 0.05) is 29.6 Å². The molecule has 0 saturated carbocycles. The number of benzene rings is 2. The molecule has 2 N–H and O–H groups in total.